The van der Waals surface area contributed by atoms with Gasteiger partial charge in [0.15, 0.2) is 0 Å². The Morgan fingerprint density at radius 2 is 1.95 bits per heavy atom. The SMILES string of the molecule is O=C(O)CNC(=O)[C@@H]1CCCN1C(=O)c1ccccc1. The zero-order valence-corrected chi connectivity index (χ0v) is 10.9. The lowest BCUT2D eigenvalue weighted by atomic mass is 10.1. The first-order valence-corrected chi connectivity index (χ1v) is 6.45. The molecule has 1 fully saturated rings. The van der Waals surface area contributed by atoms with Crippen LogP contribution < -0.4 is 5.32 Å². The van der Waals surface area contributed by atoms with Gasteiger partial charge in [-0.3, -0.25) is 14.4 Å². The fraction of sp³-hybridized carbons (Fsp3) is 0.357. The summed E-state index contributed by atoms with van der Waals surface area (Å²) in [7, 11) is 0. The molecule has 0 saturated carbocycles. The van der Waals surface area contributed by atoms with Crippen LogP contribution in [0.15, 0.2) is 30.3 Å². The van der Waals surface area contributed by atoms with Gasteiger partial charge in [-0.05, 0) is 25.0 Å². The summed E-state index contributed by atoms with van der Waals surface area (Å²) < 4.78 is 0. The third-order valence-corrected chi connectivity index (χ3v) is 3.25. The first kappa shape index (κ1) is 14.0. The first-order valence-electron chi connectivity index (χ1n) is 6.45. The molecule has 2 N–H and O–H groups in total. The Morgan fingerprint density at radius 3 is 2.60 bits per heavy atom. The maximum atomic E-state index is 12.3. The Kier molecular flexibility index (Phi) is 4.34. The van der Waals surface area contributed by atoms with Crippen LogP contribution >= 0.6 is 0 Å². The van der Waals surface area contributed by atoms with Gasteiger partial charge in [-0.15, -0.1) is 0 Å². The van der Waals surface area contributed by atoms with Crippen molar-refractivity contribution in [3.63, 3.8) is 0 Å². The molecule has 2 rings (SSSR count). The van der Waals surface area contributed by atoms with Crippen molar-refractivity contribution >= 4 is 17.8 Å². The number of nitrogens with zero attached hydrogens (tertiary/aromatic N) is 1. The minimum atomic E-state index is -1.10. The second-order valence-electron chi connectivity index (χ2n) is 4.63. The van der Waals surface area contributed by atoms with Gasteiger partial charge in [-0.2, -0.15) is 0 Å². The van der Waals surface area contributed by atoms with E-state index >= 15 is 0 Å². The Hall–Kier alpha value is -2.37. The number of hydrogen-bond acceptors (Lipinski definition) is 3. The smallest absolute Gasteiger partial charge is 0.322 e. The molecule has 20 heavy (non-hydrogen) atoms. The van der Waals surface area contributed by atoms with Gasteiger partial charge >= 0.3 is 5.97 Å². The molecule has 0 unspecified atom stereocenters. The zero-order chi connectivity index (χ0) is 14.5. The molecule has 6 heteroatoms. The van der Waals surface area contributed by atoms with Crippen LogP contribution in [0.25, 0.3) is 0 Å². The largest absolute Gasteiger partial charge is 0.480 e. The van der Waals surface area contributed by atoms with E-state index in [4.69, 9.17) is 5.11 Å². The van der Waals surface area contributed by atoms with Crippen molar-refractivity contribution < 1.29 is 19.5 Å². The molecule has 1 aromatic rings. The van der Waals surface area contributed by atoms with E-state index in [1.165, 1.54) is 4.90 Å². The van der Waals surface area contributed by atoms with Gasteiger partial charge in [0.2, 0.25) is 5.91 Å². The van der Waals surface area contributed by atoms with Crippen LogP contribution in [-0.4, -0.2) is 46.9 Å². The number of carbonyl (C=O) groups excluding carboxylic acids is 2. The maximum Gasteiger partial charge on any atom is 0.322 e. The van der Waals surface area contributed by atoms with Gasteiger partial charge in [0.05, 0.1) is 0 Å². The van der Waals surface area contributed by atoms with Crippen LogP contribution in [0.3, 0.4) is 0 Å². The van der Waals surface area contributed by atoms with Crippen LogP contribution in [0.4, 0.5) is 0 Å². The monoisotopic (exact) mass is 276 g/mol. The molecular formula is C14H16N2O4. The minimum absolute atomic E-state index is 0.196. The highest BCUT2D eigenvalue weighted by Gasteiger charge is 2.34. The number of hydrogen-bond donors (Lipinski definition) is 2. The van der Waals surface area contributed by atoms with Crippen molar-refractivity contribution in [2.24, 2.45) is 0 Å². The molecular weight excluding hydrogens is 260 g/mol. The van der Waals surface area contributed by atoms with Crippen LogP contribution in [0.5, 0.6) is 0 Å². The predicted molar refractivity (Wildman–Crippen MR) is 71.1 cm³/mol. The van der Waals surface area contributed by atoms with E-state index in [1.54, 1.807) is 24.3 Å². The molecule has 2 amide bonds. The number of carboxylic acids is 1. The third kappa shape index (κ3) is 3.14. The molecule has 1 atom stereocenters. The second-order valence-corrected chi connectivity index (χ2v) is 4.63. The second kappa shape index (κ2) is 6.18. The van der Waals surface area contributed by atoms with E-state index in [9.17, 15) is 14.4 Å². The fourth-order valence-corrected chi connectivity index (χ4v) is 2.31. The number of rotatable bonds is 4. The van der Waals surface area contributed by atoms with Gasteiger partial charge in [0.1, 0.15) is 12.6 Å². The van der Waals surface area contributed by atoms with Crippen LogP contribution in [0, 0.1) is 0 Å². The van der Waals surface area contributed by atoms with Crippen LogP contribution in [0.1, 0.15) is 23.2 Å². The molecule has 1 aliphatic heterocycles. The Bertz CT molecular complexity index is 515. The average molecular weight is 276 g/mol. The summed E-state index contributed by atoms with van der Waals surface area (Å²) in [4.78, 5) is 36.2. The highest BCUT2D eigenvalue weighted by Crippen LogP contribution is 2.20. The first-order chi connectivity index (χ1) is 9.59. The van der Waals surface area contributed by atoms with Crippen LogP contribution in [-0.2, 0) is 9.59 Å². The van der Waals surface area contributed by atoms with E-state index in [2.05, 4.69) is 5.32 Å². The number of benzene rings is 1. The fourth-order valence-electron chi connectivity index (χ4n) is 2.31. The molecule has 1 saturated heterocycles. The van der Waals surface area contributed by atoms with E-state index in [0.29, 0.717) is 18.5 Å². The van der Waals surface area contributed by atoms with Crippen LogP contribution in [0.2, 0.25) is 0 Å². The van der Waals surface area contributed by atoms with Gasteiger partial charge in [0.25, 0.3) is 5.91 Å². The highest BCUT2D eigenvalue weighted by molar-refractivity contribution is 5.98. The summed E-state index contributed by atoms with van der Waals surface area (Å²) in [5.41, 5.74) is 0.533. The molecule has 1 aromatic carbocycles. The Labute approximate surface area is 116 Å². The molecule has 0 spiro atoms. The standard InChI is InChI=1S/C14H16N2O4/c17-12(18)9-15-13(19)11-7-4-8-16(11)14(20)10-5-2-1-3-6-10/h1-3,5-6,11H,4,7-9H2,(H,15,19)(H,17,18)/t11-/m0/s1. The van der Waals surface area contributed by atoms with Crippen molar-refractivity contribution in [3.05, 3.63) is 35.9 Å². The lowest BCUT2D eigenvalue weighted by Crippen LogP contribution is -2.47. The zero-order valence-electron chi connectivity index (χ0n) is 10.9. The van der Waals surface area contributed by atoms with Crippen molar-refractivity contribution in [3.8, 4) is 0 Å². The summed E-state index contributed by atoms with van der Waals surface area (Å²) in [6, 6.07) is 8.17. The predicted octanol–water partition coefficient (Wildman–Crippen LogP) is 0.492. The van der Waals surface area contributed by atoms with Crippen molar-refractivity contribution in [1.82, 2.24) is 10.2 Å². The summed E-state index contributed by atoms with van der Waals surface area (Å²) in [6.45, 7) is 0.0849. The van der Waals surface area contributed by atoms with E-state index in [1.807, 2.05) is 6.07 Å². The Morgan fingerprint density at radius 1 is 1.25 bits per heavy atom. The number of nitrogens with one attached hydrogen (secondary N) is 1. The molecule has 0 bridgehead atoms. The lowest BCUT2D eigenvalue weighted by molar-refractivity contribution is -0.138. The van der Waals surface area contributed by atoms with E-state index < -0.39 is 24.5 Å². The average Bonchev–Trinajstić information content (AvgIpc) is 2.94. The quantitative estimate of drug-likeness (QED) is 0.838. The number of amides is 2. The Balaban J connectivity index is 2.05. The number of carbonyl (C=O) groups is 3. The van der Waals surface area contributed by atoms with Crippen molar-refractivity contribution in [2.75, 3.05) is 13.1 Å². The number of aliphatic carboxylic acids is 1. The number of carboxylic acid groups (broad SMARTS) is 1. The molecule has 6 nitrogen and oxygen atoms in total. The third-order valence-electron chi connectivity index (χ3n) is 3.25. The normalized spacial score (nSPS) is 17.8. The summed E-state index contributed by atoms with van der Waals surface area (Å²) >= 11 is 0. The molecule has 1 aliphatic rings. The van der Waals surface area contributed by atoms with Gasteiger partial charge in [-0.25, -0.2) is 0 Å². The summed E-state index contributed by atoms with van der Waals surface area (Å²) in [5.74, 6) is -1.70. The van der Waals surface area contributed by atoms with Gasteiger partial charge in [0, 0.05) is 12.1 Å². The van der Waals surface area contributed by atoms with E-state index in [-0.39, 0.29) is 5.91 Å². The van der Waals surface area contributed by atoms with E-state index in [0.717, 1.165) is 6.42 Å². The summed E-state index contributed by atoms with van der Waals surface area (Å²) in [6.07, 6.45) is 1.30. The lowest BCUT2D eigenvalue weighted by Gasteiger charge is -2.23. The summed E-state index contributed by atoms with van der Waals surface area (Å²) in [5, 5.41) is 10.9. The molecule has 106 valence electrons. The van der Waals surface area contributed by atoms with Gasteiger partial charge in [-0.1, -0.05) is 18.2 Å². The minimum Gasteiger partial charge on any atom is -0.480 e. The topological polar surface area (TPSA) is 86.7 Å². The van der Waals surface area contributed by atoms with Crippen molar-refractivity contribution in [2.45, 2.75) is 18.9 Å². The molecule has 1 heterocycles. The highest BCUT2D eigenvalue weighted by atomic mass is 16.4. The van der Waals surface area contributed by atoms with Gasteiger partial charge < -0.3 is 15.3 Å². The molecule has 0 aromatic heterocycles. The van der Waals surface area contributed by atoms with Crippen molar-refractivity contribution in [1.29, 1.82) is 0 Å². The molecule has 0 radical (unpaired) electrons. The number of likely N-dealkylation sites (tertiary alicyclic amines) is 1. The molecule has 0 aliphatic carbocycles. The maximum absolute atomic E-state index is 12.3.